The fourth-order valence-corrected chi connectivity index (χ4v) is 9.78. The van der Waals surface area contributed by atoms with Crippen LogP contribution >= 0.6 is 11.3 Å². The van der Waals surface area contributed by atoms with E-state index in [1.807, 2.05) is 12.3 Å². The van der Waals surface area contributed by atoms with Crippen molar-refractivity contribution in [1.29, 1.82) is 0 Å². The molecule has 0 fully saturated rings. The normalized spacial score (nSPS) is 13.2. The Morgan fingerprint density at radius 1 is 0.661 bits per heavy atom. The van der Waals surface area contributed by atoms with Crippen LogP contribution in [0.3, 0.4) is 0 Å². The summed E-state index contributed by atoms with van der Waals surface area (Å²) in [6.07, 6.45) is 1.92. The summed E-state index contributed by atoms with van der Waals surface area (Å²) in [7, 11) is 0. The number of rotatable bonds is 5. The number of hydrogen-bond acceptors (Lipinski definition) is 5. The molecule has 10 rings (SSSR count). The first-order valence-corrected chi connectivity index (χ1v) is 20.8. The van der Waals surface area contributed by atoms with Gasteiger partial charge in [0.15, 0.2) is 0 Å². The second kappa shape index (κ2) is 14.4. The minimum absolute atomic E-state index is 0. The molecule has 6 aromatic carbocycles. The summed E-state index contributed by atoms with van der Waals surface area (Å²) in [5, 5.41) is 4.53. The zero-order valence-electron chi connectivity index (χ0n) is 34.5. The zero-order valence-corrected chi connectivity index (χ0v) is 37.6. The molecule has 0 bridgehead atoms. The van der Waals surface area contributed by atoms with Gasteiger partial charge in [-0.05, 0) is 88.7 Å². The SMILES string of the molecule is Cc1cc(C(C)(C)C)cc(C)c1N1[CH-]N(c2[c-]c(Oc3[c-]c4c(c5ccccc5n4-c4cc(C(C)(C)C)ccn4)c4sc5ccccc5c34)ccc2)c2ccccc21.[Pt]. The van der Waals surface area contributed by atoms with Gasteiger partial charge >= 0.3 is 0 Å². The monoisotopic (exact) mass is 968 g/mol. The Morgan fingerprint density at radius 2 is 1.32 bits per heavy atom. The van der Waals surface area contributed by atoms with Crippen molar-refractivity contribution in [3.63, 3.8) is 0 Å². The second-order valence-electron chi connectivity index (χ2n) is 17.5. The molecule has 1 aliphatic heterocycles. The van der Waals surface area contributed by atoms with Gasteiger partial charge in [0.1, 0.15) is 5.82 Å². The van der Waals surface area contributed by atoms with Gasteiger partial charge in [-0.2, -0.15) is 17.4 Å². The van der Waals surface area contributed by atoms with Gasteiger partial charge in [0, 0.05) is 66.0 Å². The quantitative estimate of drug-likeness (QED) is 0.161. The van der Waals surface area contributed by atoms with E-state index in [0.29, 0.717) is 11.5 Å². The summed E-state index contributed by atoms with van der Waals surface area (Å²) in [6, 6.07) is 48.4. The Hall–Kier alpha value is -5.42. The number of thiophene rings is 1. The van der Waals surface area contributed by atoms with Gasteiger partial charge in [0.05, 0.1) is 0 Å². The third kappa shape index (κ3) is 6.52. The summed E-state index contributed by atoms with van der Waals surface area (Å²) in [5.74, 6) is 2.15. The van der Waals surface area contributed by atoms with Gasteiger partial charge in [0.2, 0.25) is 0 Å². The smallest absolute Gasteiger partial charge is 0.135 e. The van der Waals surface area contributed by atoms with Crippen molar-refractivity contribution in [2.45, 2.75) is 66.2 Å². The van der Waals surface area contributed by atoms with Crippen LogP contribution in [0.2, 0.25) is 0 Å². The summed E-state index contributed by atoms with van der Waals surface area (Å²) >= 11 is 1.80. The molecule has 0 saturated carbocycles. The first kappa shape index (κ1) is 39.1. The van der Waals surface area contributed by atoms with Gasteiger partial charge in [-0.1, -0.05) is 129 Å². The third-order valence-electron chi connectivity index (χ3n) is 11.5. The van der Waals surface area contributed by atoms with Crippen LogP contribution in [0.4, 0.5) is 22.7 Å². The van der Waals surface area contributed by atoms with E-state index in [9.17, 15) is 0 Å². The Labute approximate surface area is 365 Å². The van der Waals surface area contributed by atoms with E-state index < -0.39 is 0 Å². The molecule has 4 heterocycles. The first-order chi connectivity index (χ1) is 27.8. The molecule has 59 heavy (non-hydrogen) atoms. The molecule has 3 aromatic heterocycles. The van der Waals surface area contributed by atoms with Gasteiger partial charge in [-0.3, -0.25) is 0 Å². The number of para-hydroxylation sites is 3. The Bertz CT molecular complexity index is 3070. The summed E-state index contributed by atoms with van der Waals surface area (Å²) in [4.78, 5) is 9.48. The predicted octanol–water partition coefficient (Wildman–Crippen LogP) is 14.6. The predicted molar refractivity (Wildman–Crippen MR) is 244 cm³/mol. The Balaban J connectivity index is 0.00000449. The van der Waals surface area contributed by atoms with Crippen molar-refractivity contribution in [3.05, 3.63) is 163 Å². The van der Waals surface area contributed by atoms with Crippen LogP contribution in [0, 0.1) is 32.6 Å². The number of aromatic nitrogens is 2. The maximum atomic E-state index is 7.02. The van der Waals surface area contributed by atoms with Crippen molar-refractivity contribution >= 4 is 76.1 Å². The second-order valence-corrected chi connectivity index (χ2v) is 18.6. The van der Waals surface area contributed by atoms with Gasteiger partial charge in [0.25, 0.3) is 0 Å². The van der Waals surface area contributed by atoms with Crippen LogP contribution in [0.25, 0.3) is 47.8 Å². The van der Waals surface area contributed by atoms with Crippen LogP contribution < -0.4 is 14.5 Å². The maximum Gasteiger partial charge on any atom is 0.135 e. The van der Waals surface area contributed by atoms with Gasteiger partial charge in [-0.25, -0.2) is 4.98 Å². The molecule has 298 valence electrons. The Kier molecular flexibility index (Phi) is 9.53. The molecule has 0 radical (unpaired) electrons. The molecule has 0 spiro atoms. The number of aryl methyl sites for hydroxylation is 2. The average Bonchev–Trinajstić information content (AvgIpc) is 3.87. The van der Waals surface area contributed by atoms with E-state index in [1.54, 1.807) is 11.3 Å². The molecule has 0 saturated heterocycles. The van der Waals surface area contributed by atoms with Crippen LogP contribution in [0.1, 0.15) is 63.8 Å². The van der Waals surface area contributed by atoms with Crippen LogP contribution in [-0.4, -0.2) is 9.55 Å². The van der Waals surface area contributed by atoms with Crippen LogP contribution in [0.5, 0.6) is 11.5 Å². The number of benzene rings is 6. The molecular formula is C52H45N4OPtS-3. The van der Waals surface area contributed by atoms with Crippen LogP contribution in [0.15, 0.2) is 121 Å². The fraction of sp³-hybridized carbons (Fsp3) is 0.192. The number of fused-ring (bicyclic) bond motifs is 8. The minimum atomic E-state index is -0.0348. The van der Waals surface area contributed by atoms with Gasteiger partial charge in [-0.15, -0.1) is 36.6 Å². The summed E-state index contributed by atoms with van der Waals surface area (Å²) < 4.78 is 11.6. The van der Waals surface area contributed by atoms with Crippen LogP contribution in [-0.2, 0) is 31.9 Å². The topological polar surface area (TPSA) is 33.5 Å². The number of pyridine rings is 1. The molecule has 9 aromatic rings. The first-order valence-electron chi connectivity index (χ1n) is 20.0. The number of ether oxygens (including phenoxy) is 1. The number of hydrogen-bond donors (Lipinski definition) is 0. The van der Waals surface area contributed by atoms with E-state index in [2.05, 4.69) is 198 Å². The number of anilines is 4. The van der Waals surface area contributed by atoms with Gasteiger partial charge < -0.3 is 19.1 Å². The van der Waals surface area contributed by atoms with Crippen molar-refractivity contribution in [2.24, 2.45) is 0 Å². The summed E-state index contributed by atoms with van der Waals surface area (Å²) in [5.41, 5.74) is 11.4. The van der Waals surface area contributed by atoms with Crippen molar-refractivity contribution in [3.8, 4) is 17.3 Å². The molecule has 1 aliphatic rings. The molecule has 0 unspecified atom stereocenters. The van der Waals surface area contributed by atoms with Crippen molar-refractivity contribution in [2.75, 3.05) is 9.80 Å². The molecular weight excluding hydrogens is 924 g/mol. The maximum absolute atomic E-state index is 7.02. The van der Waals surface area contributed by atoms with E-state index in [1.165, 1.54) is 42.7 Å². The molecule has 0 aliphatic carbocycles. The average molecular weight is 969 g/mol. The van der Waals surface area contributed by atoms with E-state index >= 15 is 0 Å². The molecule has 0 amide bonds. The molecule has 0 N–H and O–H groups in total. The van der Waals surface area contributed by atoms with E-state index in [4.69, 9.17) is 9.72 Å². The Morgan fingerprint density at radius 3 is 2.05 bits per heavy atom. The standard InChI is InChI=1S/C52H45N4OS.Pt/c1-32-26-35(52(6,7)8)27-33(2)49(32)55-31-54(41-21-12-13-22-42(41)55)36-16-15-17-37(29-36)57-44-30-43-47(50-48(44)39-19-10-14-23-45(39)58-50)38-18-9-11-20-40(38)56(43)46-28-34(24-25-53-46)51(3,4)5;/h9-28,31H,1-8H3;/q-3;. The fourth-order valence-electron chi connectivity index (χ4n) is 8.52. The number of nitrogens with zero attached hydrogens (tertiary/aromatic N) is 4. The zero-order chi connectivity index (χ0) is 40.1. The van der Waals surface area contributed by atoms with Crippen molar-refractivity contribution in [1.82, 2.24) is 9.55 Å². The molecule has 5 nitrogen and oxygen atoms in total. The van der Waals surface area contributed by atoms with Crippen molar-refractivity contribution < 1.29 is 25.8 Å². The molecule has 0 atom stereocenters. The summed E-state index contributed by atoms with van der Waals surface area (Å²) in [6.45, 7) is 20.2. The third-order valence-corrected chi connectivity index (χ3v) is 12.6. The molecule has 7 heteroatoms. The van der Waals surface area contributed by atoms with E-state index in [-0.39, 0.29) is 31.9 Å². The largest absolute Gasteiger partial charge is 0.508 e. The minimum Gasteiger partial charge on any atom is -0.508 e. The van der Waals surface area contributed by atoms with E-state index in [0.717, 1.165) is 50.1 Å².